The number of nitrogens with one attached hydrogen (secondary N) is 2. The molecule has 0 unspecified atom stereocenters. The Morgan fingerprint density at radius 2 is 1.79 bits per heavy atom. The van der Waals surface area contributed by atoms with Crippen LogP contribution in [0, 0.1) is 5.82 Å². The third-order valence-electron chi connectivity index (χ3n) is 4.58. The van der Waals surface area contributed by atoms with E-state index in [1.807, 2.05) is 24.3 Å². The summed E-state index contributed by atoms with van der Waals surface area (Å²) in [6.07, 6.45) is 0. The first kappa shape index (κ1) is 16.5. The van der Waals surface area contributed by atoms with Gasteiger partial charge in [0.05, 0.1) is 38.3 Å². The minimum Gasteiger partial charge on any atom is -0.360 e. The third-order valence-corrected chi connectivity index (χ3v) is 4.58. The van der Waals surface area contributed by atoms with Crippen molar-refractivity contribution in [1.29, 1.82) is 0 Å². The maximum atomic E-state index is 13.6. The van der Waals surface area contributed by atoms with Crippen molar-refractivity contribution in [2.75, 3.05) is 42.9 Å². The molecule has 1 saturated heterocycles. The highest BCUT2D eigenvalue weighted by molar-refractivity contribution is 6.04. The molecular formula is C19H23FN3O+. The molecule has 5 heteroatoms. The Hall–Kier alpha value is -2.40. The largest absolute Gasteiger partial charge is 0.360 e. The molecule has 0 bridgehead atoms. The summed E-state index contributed by atoms with van der Waals surface area (Å²) in [7, 11) is 0. The van der Waals surface area contributed by atoms with Crippen LogP contribution in [-0.4, -0.2) is 38.6 Å². The lowest BCUT2D eigenvalue weighted by molar-refractivity contribution is -0.898. The number of quaternary nitrogens is 1. The van der Waals surface area contributed by atoms with Gasteiger partial charge in [0.2, 0.25) is 0 Å². The summed E-state index contributed by atoms with van der Waals surface area (Å²) in [5, 5.41) is 2.74. The molecule has 1 amide bonds. The summed E-state index contributed by atoms with van der Waals surface area (Å²) in [5.41, 5.74) is 1.89. The SMILES string of the molecule is CC[NH+]1CCN(c2ccc(NC(=O)c3ccccc3F)cc2)CC1. The molecule has 1 fully saturated rings. The summed E-state index contributed by atoms with van der Waals surface area (Å²) in [6.45, 7) is 7.80. The highest BCUT2D eigenvalue weighted by Gasteiger charge is 2.18. The molecule has 1 heterocycles. The van der Waals surface area contributed by atoms with Crippen LogP contribution in [0.3, 0.4) is 0 Å². The fourth-order valence-electron chi connectivity index (χ4n) is 3.03. The van der Waals surface area contributed by atoms with Crippen molar-refractivity contribution in [3.8, 4) is 0 Å². The standard InChI is InChI=1S/C19H22FN3O/c1-2-22-11-13-23(14-12-22)16-9-7-15(8-10-16)21-19(24)17-5-3-4-6-18(17)20/h3-10H,2,11-14H2,1H3,(H,21,24)/p+1. The van der Waals surface area contributed by atoms with Crippen LogP contribution in [0.5, 0.6) is 0 Å². The van der Waals surface area contributed by atoms with Crippen LogP contribution < -0.4 is 15.1 Å². The van der Waals surface area contributed by atoms with E-state index in [4.69, 9.17) is 0 Å². The van der Waals surface area contributed by atoms with Gasteiger partial charge in [0.1, 0.15) is 5.82 Å². The highest BCUT2D eigenvalue weighted by Crippen LogP contribution is 2.19. The molecule has 4 nitrogen and oxygen atoms in total. The van der Waals surface area contributed by atoms with Crippen molar-refractivity contribution in [1.82, 2.24) is 0 Å². The fraction of sp³-hybridized carbons (Fsp3) is 0.316. The van der Waals surface area contributed by atoms with Crippen LogP contribution in [-0.2, 0) is 0 Å². The predicted octanol–water partition coefficient (Wildman–Crippen LogP) is 1.80. The number of hydrogen-bond acceptors (Lipinski definition) is 2. The fourth-order valence-corrected chi connectivity index (χ4v) is 3.03. The molecular weight excluding hydrogens is 305 g/mol. The number of amides is 1. The maximum absolute atomic E-state index is 13.6. The van der Waals surface area contributed by atoms with Crippen LogP contribution in [0.25, 0.3) is 0 Å². The van der Waals surface area contributed by atoms with E-state index in [9.17, 15) is 9.18 Å². The molecule has 2 N–H and O–H groups in total. The molecule has 0 radical (unpaired) electrons. The second-order valence-electron chi connectivity index (χ2n) is 6.07. The number of carbonyl (C=O) groups excluding carboxylic acids is 1. The van der Waals surface area contributed by atoms with E-state index < -0.39 is 11.7 Å². The average molecular weight is 328 g/mol. The maximum Gasteiger partial charge on any atom is 0.258 e. The molecule has 0 atom stereocenters. The highest BCUT2D eigenvalue weighted by atomic mass is 19.1. The van der Waals surface area contributed by atoms with E-state index in [1.54, 1.807) is 17.0 Å². The van der Waals surface area contributed by atoms with Gasteiger partial charge < -0.3 is 15.1 Å². The molecule has 0 aromatic heterocycles. The molecule has 0 aliphatic carbocycles. The topological polar surface area (TPSA) is 36.8 Å². The van der Waals surface area contributed by atoms with Crippen molar-refractivity contribution in [3.05, 3.63) is 59.9 Å². The van der Waals surface area contributed by atoms with Gasteiger partial charge in [0.25, 0.3) is 5.91 Å². The van der Waals surface area contributed by atoms with Gasteiger partial charge in [-0.2, -0.15) is 0 Å². The van der Waals surface area contributed by atoms with Crippen LogP contribution in [0.2, 0.25) is 0 Å². The summed E-state index contributed by atoms with van der Waals surface area (Å²) >= 11 is 0. The lowest BCUT2D eigenvalue weighted by Crippen LogP contribution is -3.14. The number of anilines is 2. The zero-order valence-corrected chi connectivity index (χ0v) is 13.9. The van der Waals surface area contributed by atoms with Gasteiger partial charge in [-0.05, 0) is 43.3 Å². The molecule has 2 aromatic carbocycles. The van der Waals surface area contributed by atoms with E-state index >= 15 is 0 Å². The third kappa shape index (κ3) is 3.74. The Morgan fingerprint density at radius 3 is 2.42 bits per heavy atom. The minimum atomic E-state index is -0.511. The minimum absolute atomic E-state index is 0.0558. The number of benzene rings is 2. The quantitative estimate of drug-likeness (QED) is 0.898. The first-order valence-corrected chi connectivity index (χ1v) is 8.42. The van der Waals surface area contributed by atoms with E-state index in [0.29, 0.717) is 5.69 Å². The first-order chi connectivity index (χ1) is 11.7. The Bertz CT molecular complexity index is 694. The van der Waals surface area contributed by atoms with Crippen molar-refractivity contribution < 1.29 is 14.1 Å². The van der Waals surface area contributed by atoms with Crippen molar-refractivity contribution >= 4 is 17.3 Å². The summed E-state index contributed by atoms with van der Waals surface area (Å²) in [5.74, 6) is -0.941. The zero-order valence-electron chi connectivity index (χ0n) is 13.9. The van der Waals surface area contributed by atoms with E-state index in [0.717, 1.165) is 31.9 Å². The lowest BCUT2D eigenvalue weighted by atomic mass is 10.2. The molecule has 0 spiro atoms. The number of hydrogen-bond donors (Lipinski definition) is 2. The summed E-state index contributed by atoms with van der Waals surface area (Å²) in [6, 6.07) is 13.7. The number of carbonyl (C=O) groups is 1. The Balaban J connectivity index is 1.63. The molecule has 0 saturated carbocycles. The van der Waals surface area contributed by atoms with Crippen LogP contribution >= 0.6 is 0 Å². The predicted molar refractivity (Wildman–Crippen MR) is 94.2 cm³/mol. The summed E-state index contributed by atoms with van der Waals surface area (Å²) < 4.78 is 13.6. The van der Waals surface area contributed by atoms with E-state index in [1.165, 1.54) is 18.7 Å². The zero-order chi connectivity index (χ0) is 16.9. The Morgan fingerprint density at radius 1 is 1.12 bits per heavy atom. The van der Waals surface area contributed by atoms with Crippen LogP contribution in [0.1, 0.15) is 17.3 Å². The molecule has 2 aromatic rings. The number of halogens is 1. The van der Waals surface area contributed by atoms with E-state index in [-0.39, 0.29) is 5.56 Å². The number of piperazine rings is 1. The molecule has 1 aliphatic heterocycles. The Labute approximate surface area is 141 Å². The number of nitrogens with zero attached hydrogens (tertiary/aromatic N) is 1. The molecule has 3 rings (SSSR count). The monoisotopic (exact) mass is 328 g/mol. The summed E-state index contributed by atoms with van der Waals surface area (Å²) in [4.78, 5) is 16.1. The normalized spacial score (nSPS) is 15.3. The Kier molecular flexibility index (Phi) is 5.11. The van der Waals surface area contributed by atoms with Gasteiger partial charge in [-0.25, -0.2) is 4.39 Å². The van der Waals surface area contributed by atoms with Gasteiger partial charge in [-0.15, -0.1) is 0 Å². The van der Waals surface area contributed by atoms with Crippen molar-refractivity contribution in [2.24, 2.45) is 0 Å². The average Bonchev–Trinajstić information content (AvgIpc) is 2.63. The first-order valence-electron chi connectivity index (χ1n) is 8.42. The van der Waals surface area contributed by atoms with Crippen molar-refractivity contribution in [3.63, 3.8) is 0 Å². The van der Waals surface area contributed by atoms with Gasteiger partial charge >= 0.3 is 0 Å². The second-order valence-corrected chi connectivity index (χ2v) is 6.07. The van der Waals surface area contributed by atoms with Gasteiger partial charge in [-0.1, -0.05) is 12.1 Å². The lowest BCUT2D eigenvalue weighted by Gasteiger charge is -2.33. The van der Waals surface area contributed by atoms with Gasteiger partial charge in [0.15, 0.2) is 0 Å². The van der Waals surface area contributed by atoms with Crippen LogP contribution in [0.4, 0.5) is 15.8 Å². The van der Waals surface area contributed by atoms with E-state index in [2.05, 4.69) is 17.1 Å². The second kappa shape index (κ2) is 7.45. The smallest absolute Gasteiger partial charge is 0.258 e. The molecule has 126 valence electrons. The molecule has 1 aliphatic rings. The molecule has 24 heavy (non-hydrogen) atoms. The number of rotatable bonds is 4. The van der Waals surface area contributed by atoms with Gasteiger partial charge in [-0.3, -0.25) is 4.79 Å². The van der Waals surface area contributed by atoms with Crippen LogP contribution in [0.15, 0.2) is 48.5 Å². The van der Waals surface area contributed by atoms with Gasteiger partial charge in [0, 0.05) is 11.4 Å². The van der Waals surface area contributed by atoms with Crippen molar-refractivity contribution in [2.45, 2.75) is 6.92 Å². The number of likely N-dealkylation sites (N-methyl/N-ethyl adjacent to an activating group) is 1.